The zero-order valence-corrected chi connectivity index (χ0v) is 7.27. The van der Waals surface area contributed by atoms with Crippen LogP contribution in [0.1, 0.15) is 0 Å². The molecule has 0 unspecified atom stereocenters. The Morgan fingerprint density at radius 3 is 2.53 bits per heavy atom. The molecule has 9 heteroatoms. The number of nitrogens with zero attached hydrogens (tertiary/aromatic N) is 2. The van der Waals surface area contributed by atoms with Crippen LogP contribution in [-0.2, 0) is 0 Å². The highest BCUT2D eigenvalue weighted by atomic mass is 19.4. The first-order valence-electron chi connectivity index (χ1n) is 3.76. The normalized spacial score (nSPS) is 11.3. The zero-order chi connectivity index (χ0) is 11.5. The summed E-state index contributed by atoms with van der Waals surface area (Å²) in [5, 5.41) is 17.3. The van der Waals surface area contributed by atoms with Crippen LogP contribution in [0.15, 0.2) is 12.4 Å². The molecule has 0 fully saturated rings. The van der Waals surface area contributed by atoms with Crippen molar-refractivity contribution in [1.82, 2.24) is 9.97 Å². The number of halogens is 3. The van der Waals surface area contributed by atoms with Gasteiger partial charge in [-0.2, -0.15) is 13.2 Å². The van der Waals surface area contributed by atoms with E-state index < -0.39 is 25.8 Å². The first kappa shape index (κ1) is 11.7. The van der Waals surface area contributed by atoms with Crippen molar-refractivity contribution < 1.29 is 28.0 Å². The van der Waals surface area contributed by atoms with Gasteiger partial charge in [0.25, 0.3) is 0 Å². The summed E-state index contributed by atoms with van der Waals surface area (Å²) >= 11 is 0. The van der Waals surface area contributed by atoms with Gasteiger partial charge in [-0.15, -0.1) is 0 Å². The van der Waals surface area contributed by atoms with Gasteiger partial charge in [0, 0.05) is 6.20 Å². The molecule has 0 radical (unpaired) electrons. The van der Waals surface area contributed by atoms with Crippen LogP contribution in [0, 0.1) is 0 Å². The molecule has 0 spiro atoms. The smallest absolute Gasteiger partial charge is 0.467 e. The first-order valence-corrected chi connectivity index (χ1v) is 3.76. The van der Waals surface area contributed by atoms with Crippen molar-refractivity contribution >= 4 is 12.7 Å². The molecule has 0 amide bonds. The molecular weight excluding hydrogens is 216 g/mol. The molecule has 0 saturated heterocycles. The lowest BCUT2D eigenvalue weighted by molar-refractivity contribution is -0.154. The molecule has 0 aromatic carbocycles. The lowest BCUT2D eigenvalue weighted by Gasteiger charge is -2.08. The SMILES string of the molecule is OB(O)c1cncc(OCC(F)(F)F)n1. The van der Waals surface area contributed by atoms with E-state index in [-0.39, 0.29) is 5.59 Å². The fourth-order valence-electron chi connectivity index (χ4n) is 0.712. The van der Waals surface area contributed by atoms with Crippen molar-refractivity contribution in [3.63, 3.8) is 0 Å². The average molecular weight is 222 g/mol. The van der Waals surface area contributed by atoms with E-state index >= 15 is 0 Å². The summed E-state index contributed by atoms with van der Waals surface area (Å²) in [4.78, 5) is 6.82. The Kier molecular flexibility index (Phi) is 3.48. The molecule has 0 aliphatic rings. The molecule has 82 valence electrons. The molecule has 2 N–H and O–H groups in total. The summed E-state index contributed by atoms with van der Waals surface area (Å²) < 4.78 is 39.4. The van der Waals surface area contributed by atoms with Gasteiger partial charge in [0.2, 0.25) is 5.88 Å². The number of rotatable bonds is 3. The Labute approximate surface area is 82.7 Å². The molecule has 0 bridgehead atoms. The molecule has 1 rings (SSSR count). The Morgan fingerprint density at radius 1 is 1.33 bits per heavy atom. The molecule has 1 aromatic rings. The molecule has 5 nitrogen and oxygen atoms in total. The first-order chi connectivity index (χ1) is 6.88. The minimum atomic E-state index is -4.48. The molecule has 0 aliphatic heterocycles. The summed E-state index contributed by atoms with van der Waals surface area (Å²) in [6.07, 6.45) is -2.53. The Balaban J connectivity index is 2.66. The van der Waals surface area contributed by atoms with Crippen LogP contribution < -0.4 is 10.3 Å². The van der Waals surface area contributed by atoms with Gasteiger partial charge in [0.1, 0.15) is 0 Å². The minimum absolute atomic E-state index is 0.283. The van der Waals surface area contributed by atoms with Crippen molar-refractivity contribution in [3.8, 4) is 5.88 Å². The van der Waals surface area contributed by atoms with Crippen LogP contribution in [0.25, 0.3) is 0 Å². The molecule has 1 heterocycles. The summed E-state index contributed by atoms with van der Waals surface area (Å²) in [7, 11) is -1.90. The van der Waals surface area contributed by atoms with E-state index in [1.807, 2.05) is 0 Å². The van der Waals surface area contributed by atoms with Crippen molar-refractivity contribution in [2.24, 2.45) is 0 Å². The van der Waals surface area contributed by atoms with Crippen LogP contribution in [0.2, 0.25) is 0 Å². The third kappa shape index (κ3) is 4.13. The molecular formula is C6H6BF3N2O3. The molecule has 0 saturated carbocycles. The predicted octanol–water partition coefficient (Wildman–Crippen LogP) is -0.903. The van der Waals surface area contributed by atoms with E-state index in [2.05, 4.69) is 14.7 Å². The van der Waals surface area contributed by atoms with E-state index in [0.717, 1.165) is 12.4 Å². The largest absolute Gasteiger partial charge is 0.509 e. The maximum Gasteiger partial charge on any atom is 0.509 e. The Hall–Kier alpha value is -1.35. The van der Waals surface area contributed by atoms with Gasteiger partial charge in [0.15, 0.2) is 6.61 Å². The Morgan fingerprint density at radius 2 is 2.00 bits per heavy atom. The zero-order valence-electron chi connectivity index (χ0n) is 7.27. The lowest BCUT2D eigenvalue weighted by Crippen LogP contribution is -2.33. The molecule has 0 atom stereocenters. The molecule has 1 aromatic heterocycles. The van der Waals surface area contributed by atoms with E-state index in [1.54, 1.807) is 0 Å². The monoisotopic (exact) mass is 222 g/mol. The fourth-order valence-corrected chi connectivity index (χ4v) is 0.712. The second kappa shape index (κ2) is 4.45. The third-order valence-electron chi connectivity index (χ3n) is 1.28. The number of ether oxygens (including phenoxy) is 1. The predicted molar refractivity (Wildman–Crippen MR) is 43.4 cm³/mol. The molecule has 15 heavy (non-hydrogen) atoms. The highest BCUT2D eigenvalue weighted by Crippen LogP contribution is 2.15. The van der Waals surface area contributed by atoms with Gasteiger partial charge in [-0.25, -0.2) is 4.98 Å². The van der Waals surface area contributed by atoms with Crippen LogP contribution >= 0.6 is 0 Å². The highest BCUT2D eigenvalue weighted by molar-refractivity contribution is 6.57. The van der Waals surface area contributed by atoms with Crippen molar-refractivity contribution in [2.75, 3.05) is 6.61 Å². The number of hydrogen-bond donors (Lipinski definition) is 2. The summed E-state index contributed by atoms with van der Waals surface area (Å²) in [5.74, 6) is -0.419. The second-order valence-electron chi connectivity index (χ2n) is 2.56. The summed E-state index contributed by atoms with van der Waals surface area (Å²) in [6, 6.07) is 0. The topological polar surface area (TPSA) is 75.5 Å². The van der Waals surface area contributed by atoms with Gasteiger partial charge in [-0.3, -0.25) is 4.98 Å². The summed E-state index contributed by atoms with van der Waals surface area (Å²) in [6.45, 7) is -1.51. The van der Waals surface area contributed by atoms with Gasteiger partial charge in [-0.05, 0) is 0 Å². The van der Waals surface area contributed by atoms with Crippen LogP contribution in [0.5, 0.6) is 5.88 Å². The van der Waals surface area contributed by atoms with Gasteiger partial charge in [-0.1, -0.05) is 0 Å². The quantitative estimate of drug-likeness (QED) is 0.648. The number of alkyl halides is 3. The molecule has 0 aliphatic carbocycles. The van der Waals surface area contributed by atoms with Gasteiger partial charge < -0.3 is 14.8 Å². The number of aromatic nitrogens is 2. The highest BCUT2D eigenvalue weighted by Gasteiger charge is 2.28. The lowest BCUT2D eigenvalue weighted by atomic mass is 9.87. The summed E-state index contributed by atoms with van der Waals surface area (Å²) in [5.41, 5.74) is -0.283. The minimum Gasteiger partial charge on any atom is -0.467 e. The maximum atomic E-state index is 11.7. The van der Waals surface area contributed by atoms with Crippen LogP contribution in [0.3, 0.4) is 0 Å². The second-order valence-corrected chi connectivity index (χ2v) is 2.56. The maximum absolute atomic E-state index is 11.7. The van der Waals surface area contributed by atoms with E-state index in [9.17, 15) is 13.2 Å². The third-order valence-corrected chi connectivity index (χ3v) is 1.28. The van der Waals surface area contributed by atoms with E-state index in [4.69, 9.17) is 10.0 Å². The standard InChI is InChI=1S/C6H6BF3N2O3/c8-6(9,10)3-15-5-2-11-1-4(12-5)7(13)14/h1-2,13-14H,3H2. The Bertz CT molecular complexity index is 334. The average Bonchev–Trinajstić information content (AvgIpc) is 2.14. The fraction of sp³-hybridized carbons (Fsp3) is 0.333. The van der Waals surface area contributed by atoms with Crippen molar-refractivity contribution in [1.29, 1.82) is 0 Å². The van der Waals surface area contributed by atoms with Crippen molar-refractivity contribution in [2.45, 2.75) is 6.18 Å². The number of hydrogen-bond acceptors (Lipinski definition) is 5. The van der Waals surface area contributed by atoms with Crippen LogP contribution in [-0.4, -0.2) is 39.9 Å². The van der Waals surface area contributed by atoms with Crippen LogP contribution in [0.4, 0.5) is 13.2 Å². The van der Waals surface area contributed by atoms with Gasteiger partial charge in [0.05, 0.1) is 11.8 Å². The van der Waals surface area contributed by atoms with Gasteiger partial charge >= 0.3 is 13.3 Å². The van der Waals surface area contributed by atoms with E-state index in [0.29, 0.717) is 0 Å². The van der Waals surface area contributed by atoms with Crippen molar-refractivity contribution in [3.05, 3.63) is 12.4 Å². The van der Waals surface area contributed by atoms with E-state index in [1.165, 1.54) is 0 Å².